The Morgan fingerprint density at radius 1 is 1.45 bits per heavy atom. The number of aryl methyl sites for hydroxylation is 2. The maximum atomic E-state index is 10.8. The van der Waals surface area contributed by atoms with Crippen molar-refractivity contribution in [3.05, 3.63) is 11.5 Å². The van der Waals surface area contributed by atoms with Gasteiger partial charge < -0.3 is 4.98 Å². The normalized spacial score (nSPS) is 11.9. The van der Waals surface area contributed by atoms with Crippen molar-refractivity contribution < 1.29 is 8.42 Å². The van der Waals surface area contributed by atoms with E-state index >= 15 is 0 Å². The van der Waals surface area contributed by atoms with Crippen molar-refractivity contribution in [1.82, 2.24) is 9.97 Å². The van der Waals surface area contributed by atoms with Gasteiger partial charge in [-0.2, -0.15) is 0 Å². The highest BCUT2D eigenvalue weighted by Gasteiger charge is 2.14. The van der Waals surface area contributed by atoms with E-state index in [4.69, 9.17) is 5.14 Å². The quantitative estimate of drug-likeness (QED) is 0.612. The number of sulfonamides is 1. The molecular weight excluding hydrogens is 166 g/mol. The molecule has 0 spiro atoms. The summed E-state index contributed by atoms with van der Waals surface area (Å²) in [4.78, 5) is 6.46. The highest BCUT2D eigenvalue weighted by Crippen LogP contribution is 2.08. The first-order valence-electron chi connectivity index (χ1n) is 2.97. The third kappa shape index (κ3) is 1.58. The van der Waals surface area contributed by atoms with Crippen molar-refractivity contribution in [2.24, 2.45) is 5.14 Å². The summed E-state index contributed by atoms with van der Waals surface area (Å²) in [5, 5.41) is 4.79. The molecule has 0 saturated heterocycles. The van der Waals surface area contributed by atoms with E-state index in [0.717, 1.165) is 0 Å². The topological polar surface area (TPSA) is 88.8 Å². The number of nitrogens with one attached hydrogen (secondary N) is 1. The fourth-order valence-electron chi connectivity index (χ4n) is 0.866. The minimum Gasteiger partial charge on any atom is -0.345 e. The zero-order valence-electron chi connectivity index (χ0n) is 6.25. The van der Waals surface area contributed by atoms with Crippen LogP contribution in [0.3, 0.4) is 0 Å². The lowest BCUT2D eigenvalue weighted by molar-refractivity contribution is 0.594. The summed E-state index contributed by atoms with van der Waals surface area (Å²) in [5.41, 5.74) is 0.477. The first kappa shape index (κ1) is 8.22. The van der Waals surface area contributed by atoms with Crippen LogP contribution in [0.5, 0.6) is 0 Å². The number of imidazole rings is 1. The number of primary sulfonamides is 1. The highest BCUT2D eigenvalue weighted by molar-refractivity contribution is 7.89. The zero-order chi connectivity index (χ0) is 8.65. The molecule has 1 aromatic heterocycles. The van der Waals surface area contributed by atoms with E-state index in [0.29, 0.717) is 11.5 Å². The first-order chi connectivity index (χ1) is 4.91. The van der Waals surface area contributed by atoms with Gasteiger partial charge in [0.1, 0.15) is 5.82 Å². The van der Waals surface area contributed by atoms with Gasteiger partial charge in [0.2, 0.25) is 0 Å². The van der Waals surface area contributed by atoms with E-state index in [1.165, 1.54) is 0 Å². The van der Waals surface area contributed by atoms with Crippen LogP contribution in [0.15, 0.2) is 5.03 Å². The number of aromatic amines is 1. The van der Waals surface area contributed by atoms with Crippen LogP contribution in [0.1, 0.15) is 11.5 Å². The molecule has 1 aromatic rings. The lowest BCUT2D eigenvalue weighted by Crippen LogP contribution is -2.13. The molecule has 1 heterocycles. The molecule has 0 aromatic carbocycles. The molecule has 0 amide bonds. The molecule has 3 N–H and O–H groups in total. The van der Waals surface area contributed by atoms with Crippen LogP contribution in [0, 0.1) is 13.8 Å². The summed E-state index contributed by atoms with van der Waals surface area (Å²) in [6.07, 6.45) is 0. The van der Waals surface area contributed by atoms with Gasteiger partial charge in [0, 0.05) is 0 Å². The summed E-state index contributed by atoms with van der Waals surface area (Å²) in [6, 6.07) is 0. The van der Waals surface area contributed by atoms with Crippen molar-refractivity contribution in [2.45, 2.75) is 18.9 Å². The number of rotatable bonds is 1. The zero-order valence-corrected chi connectivity index (χ0v) is 7.07. The van der Waals surface area contributed by atoms with Crippen LogP contribution >= 0.6 is 0 Å². The average molecular weight is 175 g/mol. The highest BCUT2D eigenvalue weighted by atomic mass is 32.2. The maximum Gasteiger partial charge on any atom is 0.257 e. The van der Waals surface area contributed by atoms with Gasteiger partial charge >= 0.3 is 0 Å². The van der Waals surface area contributed by atoms with Gasteiger partial charge in [-0.3, -0.25) is 0 Å². The maximum absolute atomic E-state index is 10.8. The number of nitrogens with two attached hydrogens (primary N) is 1. The van der Waals surface area contributed by atoms with Crippen molar-refractivity contribution in [2.75, 3.05) is 0 Å². The Kier molecular flexibility index (Phi) is 1.73. The van der Waals surface area contributed by atoms with Crippen LogP contribution in [-0.4, -0.2) is 18.4 Å². The summed E-state index contributed by atoms with van der Waals surface area (Å²) in [5.74, 6) is 0.548. The molecule has 5 nitrogen and oxygen atoms in total. The minimum absolute atomic E-state index is 0.0741. The van der Waals surface area contributed by atoms with Crippen molar-refractivity contribution >= 4 is 10.0 Å². The standard InChI is InChI=1S/C5H9N3O2S/c1-3-5(11(6,9)10)8-4(2)7-3/h1-2H3,(H,7,8)(H2,6,9,10). The second-order valence-corrected chi connectivity index (χ2v) is 3.77. The Hall–Kier alpha value is -0.880. The van der Waals surface area contributed by atoms with Gasteiger partial charge in [-0.1, -0.05) is 0 Å². The van der Waals surface area contributed by atoms with Gasteiger partial charge in [-0.05, 0) is 13.8 Å². The minimum atomic E-state index is -3.66. The van der Waals surface area contributed by atoms with Gasteiger partial charge in [0.15, 0.2) is 5.03 Å². The second kappa shape index (κ2) is 2.31. The summed E-state index contributed by atoms with van der Waals surface area (Å²) in [7, 11) is -3.66. The third-order valence-electron chi connectivity index (χ3n) is 1.23. The van der Waals surface area contributed by atoms with Gasteiger partial charge in [0.05, 0.1) is 5.69 Å². The molecule has 1 rings (SSSR count). The van der Waals surface area contributed by atoms with Crippen molar-refractivity contribution in [3.8, 4) is 0 Å². The van der Waals surface area contributed by atoms with Crippen LogP contribution in [0.4, 0.5) is 0 Å². The Morgan fingerprint density at radius 3 is 2.18 bits per heavy atom. The molecule has 0 fully saturated rings. The number of hydrogen-bond acceptors (Lipinski definition) is 3. The number of aromatic nitrogens is 2. The Balaban J connectivity index is 3.36. The molecule has 0 radical (unpaired) electrons. The third-order valence-corrected chi connectivity index (χ3v) is 2.16. The van der Waals surface area contributed by atoms with E-state index in [2.05, 4.69) is 9.97 Å². The Labute approximate surface area is 64.7 Å². The molecule has 0 unspecified atom stereocenters. The van der Waals surface area contributed by atoms with E-state index in [-0.39, 0.29) is 5.03 Å². The predicted molar refractivity (Wildman–Crippen MR) is 39.4 cm³/mol. The monoisotopic (exact) mass is 175 g/mol. The van der Waals surface area contributed by atoms with Gasteiger partial charge in [-0.25, -0.2) is 18.5 Å². The van der Waals surface area contributed by atoms with Crippen molar-refractivity contribution in [3.63, 3.8) is 0 Å². The van der Waals surface area contributed by atoms with E-state index in [1.54, 1.807) is 13.8 Å². The lowest BCUT2D eigenvalue weighted by Gasteiger charge is -1.90. The largest absolute Gasteiger partial charge is 0.345 e. The fourth-order valence-corrected chi connectivity index (χ4v) is 1.61. The average Bonchev–Trinajstić information content (AvgIpc) is 2.08. The van der Waals surface area contributed by atoms with Crippen LogP contribution in [0.2, 0.25) is 0 Å². The predicted octanol–water partition coefficient (Wildman–Crippen LogP) is -0.326. The molecular formula is C5H9N3O2S. The van der Waals surface area contributed by atoms with E-state index in [9.17, 15) is 8.42 Å². The summed E-state index contributed by atoms with van der Waals surface area (Å²) < 4.78 is 21.5. The van der Waals surface area contributed by atoms with Gasteiger partial charge in [0.25, 0.3) is 10.0 Å². The molecule has 11 heavy (non-hydrogen) atoms. The molecule has 0 saturated carbocycles. The molecule has 6 heteroatoms. The van der Waals surface area contributed by atoms with Crippen LogP contribution in [-0.2, 0) is 10.0 Å². The molecule has 0 aliphatic carbocycles. The summed E-state index contributed by atoms with van der Waals surface area (Å²) >= 11 is 0. The Morgan fingerprint density at radius 2 is 2.00 bits per heavy atom. The smallest absolute Gasteiger partial charge is 0.257 e. The number of hydrogen-bond donors (Lipinski definition) is 2. The molecule has 0 aliphatic rings. The molecule has 0 atom stereocenters. The van der Waals surface area contributed by atoms with Crippen LogP contribution < -0.4 is 5.14 Å². The second-order valence-electron chi connectivity index (χ2n) is 2.30. The van der Waals surface area contributed by atoms with Crippen molar-refractivity contribution in [1.29, 1.82) is 0 Å². The lowest BCUT2D eigenvalue weighted by atomic mass is 10.6. The van der Waals surface area contributed by atoms with Gasteiger partial charge in [-0.15, -0.1) is 0 Å². The van der Waals surface area contributed by atoms with E-state index in [1.807, 2.05) is 0 Å². The fraction of sp³-hybridized carbons (Fsp3) is 0.400. The number of nitrogens with zero attached hydrogens (tertiary/aromatic N) is 1. The summed E-state index contributed by atoms with van der Waals surface area (Å²) in [6.45, 7) is 3.28. The molecule has 0 aliphatic heterocycles. The molecule has 62 valence electrons. The SMILES string of the molecule is Cc1nc(S(N)(=O)=O)c(C)[nH]1. The Bertz CT molecular complexity index is 365. The van der Waals surface area contributed by atoms with Crippen LogP contribution in [0.25, 0.3) is 0 Å². The first-order valence-corrected chi connectivity index (χ1v) is 4.52. The van der Waals surface area contributed by atoms with E-state index < -0.39 is 10.0 Å². The molecule has 0 bridgehead atoms. The number of H-pyrrole nitrogens is 1.